The van der Waals surface area contributed by atoms with Crippen LogP contribution in [0.4, 0.5) is 5.82 Å². The summed E-state index contributed by atoms with van der Waals surface area (Å²) in [5.41, 5.74) is 0. The maximum atomic E-state index is 5.39. The number of piperidine rings is 1. The normalized spacial score (nSPS) is 27.9. The Morgan fingerprint density at radius 1 is 1.47 bits per heavy atom. The number of ether oxygens (including phenoxy) is 1. The van der Waals surface area contributed by atoms with Gasteiger partial charge in [-0.1, -0.05) is 0 Å². The molecular weight excluding hydrogens is 214 g/mol. The van der Waals surface area contributed by atoms with Crippen LogP contribution >= 0.6 is 0 Å². The second-order valence-corrected chi connectivity index (χ2v) is 4.90. The monoisotopic (exact) mass is 233 g/mol. The topological polar surface area (TPSA) is 37.4 Å². The average molecular weight is 233 g/mol. The van der Waals surface area contributed by atoms with Gasteiger partial charge in [0.2, 0.25) is 0 Å². The highest BCUT2D eigenvalue weighted by Crippen LogP contribution is 2.32. The van der Waals surface area contributed by atoms with Gasteiger partial charge in [-0.15, -0.1) is 0 Å². The summed E-state index contributed by atoms with van der Waals surface area (Å²) in [6.45, 7) is 3.32. The zero-order valence-corrected chi connectivity index (χ0v) is 10.2. The zero-order valence-electron chi connectivity index (χ0n) is 10.2. The first-order chi connectivity index (χ1) is 8.38. The number of hydrogen-bond acceptors (Lipinski definition) is 4. The van der Waals surface area contributed by atoms with Crippen molar-refractivity contribution in [2.24, 2.45) is 5.92 Å². The molecule has 3 rings (SSSR count). The number of pyridine rings is 1. The van der Waals surface area contributed by atoms with Crippen molar-refractivity contribution < 1.29 is 4.74 Å². The van der Waals surface area contributed by atoms with E-state index in [1.807, 2.05) is 18.3 Å². The van der Waals surface area contributed by atoms with Crippen LogP contribution in [0.1, 0.15) is 12.8 Å². The molecule has 1 N–H and O–H groups in total. The Morgan fingerprint density at radius 2 is 2.41 bits per heavy atom. The van der Waals surface area contributed by atoms with Gasteiger partial charge >= 0.3 is 0 Å². The van der Waals surface area contributed by atoms with Gasteiger partial charge in [0, 0.05) is 25.3 Å². The van der Waals surface area contributed by atoms with Gasteiger partial charge in [-0.3, -0.25) is 0 Å². The Balaban J connectivity index is 1.81. The van der Waals surface area contributed by atoms with Crippen LogP contribution in [0.25, 0.3) is 0 Å². The predicted octanol–water partition coefficient (Wildman–Crippen LogP) is 1.28. The molecule has 0 amide bonds. The van der Waals surface area contributed by atoms with E-state index in [1.54, 1.807) is 7.11 Å². The van der Waals surface area contributed by atoms with E-state index in [2.05, 4.69) is 15.2 Å². The van der Waals surface area contributed by atoms with Crippen LogP contribution < -0.4 is 15.0 Å². The lowest BCUT2D eigenvalue weighted by molar-refractivity contribution is 0.340. The van der Waals surface area contributed by atoms with Crippen molar-refractivity contribution in [2.45, 2.75) is 18.9 Å². The highest BCUT2D eigenvalue weighted by Gasteiger charge is 2.35. The quantitative estimate of drug-likeness (QED) is 0.835. The number of methoxy groups -OCH3 is 1. The molecular formula is C13H19N3O. The molecule has 2 atom stereocenters. The first-order valence-electron chi connectivity index (χ1n) is 6.36. The number of anilines is 1. The molecule has 0 bridgehead atoms. The minimum absolute atomic E-state index is 0.635. The minimum Gasteiger partial charge on any atom is -0.493 e. The van der Waals surface area contributed by atoms with E-state index < -0.39 is 0 Å². The first kappa shape index (κ1) is 10.8. The molecule has 0 spiro atoms. The highest BCUT2D eigenvalue weighted by molar-refractivity contribution is 5.53. The number of nitrogens with one attached hydrogen (secondary N) is 1. The molecule has 2 saturated heterocycles. The van der Waals surface area contributed by atoms with Crippen LogP contribution in [0.2, 0.25) is 0 Å². The third kappa shape index (κ3) is 1.97. The number of rotatable bonds is 2. The Kier molecular flexibility index (Phi) is 2.89. The molecule has 3 heterocycles. The Hall–Kier alpha value is -1.29. The van der Waals surface area contributed by atoms with E-state index in [0.717, 1.165) is 37.1 Å². The SMILES string of the molecule is COc1cccnc1N1CC2CCCNC2C1. The molecule has 17 heavy (non-hydrogen) atoms. The average Bonchev–Trinajstić information content (AvgIpc) is 2.82. The number of nitrogens with zero attached hydrogens (tertiary/aromatic N) is 2. The highest BCUT2D eigenvalue weighted by atomic mass is 16.5. The van der Waals surface area contributed by atoms with Crippen LogP contribution in [-0.4, -0.2) is 37.8 Å². The van der Waals surface area contributed by atoms with Crippen LogP contribution in [0, 0.1) is 5.92 Å². The van der Waals surface area contributed by atoms with E-state index in [4.69, 9.17) is 4.74 Å². The molecule has 2 fully saturated rings. The summed E-state index contributed by atoms with van der Waals surface area (Å²) in [7, 11) is 1.71. The fourth-order valence-electron chi connectivity index (χ4n) is 3.00. The van der Waals surface area contributed by atoms with Gasteiger partial charge in [-0.25, -0.2) is 4.98 Å². The van der Waals surface area contributed by atoms with Crippen LogP contribution in [0.15, 0.2) is 18.3 Å². The Bertz CT molecular complexity index is 382. The smallest absolute Gasteiger partial charge is 0.171 e. The third-order valence-corrected chi connectivity index (χ3v) is 3.87. The summed E-state index contributed by atoms with van der Waals surface area (Å²) < 4.78 is 5.39. The largest absolute Gasteiger partial charge is 0.493 e. The van der Waals surface area contributed by atoms with Gasteiger partial charge in [0.05, 0.1) is 7.11 Å². The Labute approximate surface area is 102 Å². The van der Waals surface area contributed by atoms with E-state index >= 15 is 0 Å². The summed E-state index contributed by atoms with van der Waals surface area (Å²) in [6, 6.07) is 4.54. The van der Waals surface area contributed by atoms with E-state index in [-0.39, 0.29) is 0 Å². The third-order valence-electron chi connectivity index (χ3n) is 3.87. The van der Waals surface area contributed by atoms with Crippen LogP contribution in [-0.2, 0) is 0 Å². The molecule has 4 nitrogen and oxygen atoms in total. The molecule has 2 unspecified atom stereocenters. The van der Waals surface area contributed by atoms with Gasteiger partial charge in [-0.05, 0) is 37.4 Å². The molecule has 1 aromatic rings. The molecule has 92 valence electrons. The van der Waals surface area contributed by atoms with E-state index in [1.165, 1.54) is 12.8 Å². The van der Waals surface area contributed by atoms with Crippen molar-refractivity contribution in [2.75, 3.05) is 31.6 Å². The lowest BCUT2D eigenvalue weighted by Crippen LogP contribution is -2.40. The van der Waals surface area contributed by atoms with E-state index in [0.29, 0.717) is 6.04 Å². The first-order valence-corrected chi connectivity index (χ1v) is 6.36. The van der Waals surface area contributed by atoms with Crippen molar-refractivity contribution in [1.29, 1.82) is 0 Å². The molecule has 2 aliphatic rings. The summed E-state index contributed by atoms with van der Waals surface area (Å²) in [4.78, 5) is 6.82. The van der Waals surface area contributed by atoms with Gasteiger partial charge in [-0.2, -0.15) is 0 Å². The number of fused-ring (bicyclic) bond motifs is 1. The fourth-order valence-corrected chi connectivity index (χ4v) is 3.00. The molecule has 1 aromatic heterocycles. The molecule has 2 aliphatic heterocycles. The van der Waals surface area contributed by atoms with Gasteiger partial charge < -0.3 is 15.0 Å². The van der Waals surface area contributed by atoms with Gasteiger partial charge in [0.25, 0.3) is 0 Å². The van der Waals surface area contributed by atoms with Crippen molar-refractivity contribution in [1.82, 2.24) is 10.3 Å². The summed E-state index contributed by atoms with van der Waals surface area (Å²) >= 11 is 0. The number of aromatic nitrogens is 1. The molecule has 0 aromatic carbocycles. The van der Waals surface area contributed by atoms with Crippen molar-refractivity contribution in [3.63, 3.8) is 0 Å². The molecule has 0 aliphatic carbocycles. The predicted molar refractivity (Wildman–Crippen MR) is 67.5 cm³/mol. The standard InChI is InChI=1S/C13H19N3O/c1-17-12-5-3-7-15-13(12)16-8-10-4-2-6-14-11(10)9-16/h3,5,7,10-11,14H,2,4,6,8-9H2,1H3. The number of hydrogen-bond donors (Lipinski definition) is 1. The lowest BCUT2D eigenvalue weighted by Gasteiger charge is -2.24. The molecule has 4 heteroatoms. The van der Waals surface area contributed by atoms with Crippen LogP contribution in [0.5, 0.6) is 5.75 Å². The Morgan fingerprint density at radius 3 is 3.24 bits per heavy atom. The fraction of sp³-hybridized carbons (Fsp3) is 0.615. The summed E-state index contributed by atoms with van der Waals surface area (Å²) in [6.07, 6.45) is 4.48. The maximum absolute atomic E-state index is 5.39. The summed E-state index contributed by atoms with van der Waals surface area (Å²) in [5, 5.41) is 3.61. The second kappa shape index (κ2) is 4.53. The van der Waals surface area contributed by atoms with E-state index in [9.17, 15) is 0 Å². The molecule has 0 radical (unpaired) electrons. The minimum atomic E-state index is 0.635. The molecule has 0 saturated carbocycles. The van der Waals surface area contributed by atoms with Crippen molar-refractivity contribution >= 4 is 5.82 Å². The van der Waals surface area contributed by atoms with Crippen molar-refractivity contribution in [3.8, 4) is 5.75 Å². The van der Waals surface area contributed by atoms with Gasteiger partial charge in [0.15, 0.2) is 11.6 Å². The van der Waals surface area contributed by atoms with Gasteiger partial charge in [0.1, 0.15) is 0 Å². The zero-order chi connectivity index (χ0) is 11.7. The summed E-state index contributed by atoms with van der Waals surface area (Å²) in [5.74, 6) is 2.65. The van der Waals surface area contributed by atoms with Crippen LogP contribution in [0.3, 0.4) is 0 Å². The second-order valence-electron chi connectivity index (χ2n) is 4.90. The lowest BCUT2D eigenvalue weighted by atomic mass is 9.94. The maximum Gasteiger partial charge on any atom is 0.171 e. The van der Waals surface area contributed by atoms with Crippen molar-refractivity contribution in [3.05, 3.63) is 18.3 Å².